The molecule has 126 valence electrons. The molecule has 0 unspecified atom stereocenters. The van der Waals surface area contributed by atoms with E-state index in [1.165, 1.54) is 0 Å². The van der Waals surface area contributed by atoms with Crippen LogP contribution in [0.4, 0.5) is 5.69 Å². The number of anilines is 1. The van der Waals surface area contributed by atoms with Crippen molar-refractivity contribution in [2.24, 2.45) is 0 Å². The van der Waals surface area contributed by atoms with Gasteiger partial charge in [-0.1, -0.05) is 28.1 Å². The van der Waals surface area contributed by atoms with Gasteiger partial charge in [-0.2, -0.15) is 0 Å². The molecule has 5 heteroatoms. The number of morpholine rings is 1. The van der Waals surface area contributed by atoms with Crippen molar-refractivity contribution >= 4 is 27.5 Å². The van der Waals surface area contributed by atoms with Crippen LogP contribution in [0.15, 0.2) is 46.9 Å². The van der Waals surface area contributed by atoms with Crippen LogP contribution in [0.5, 0.6) is 0 Å². The largest absolute Gasteiger partial charge is 0.379 e. The highest BCUT2D eigenvalue weighted by Crippen LogP contribution is 2.20. The molecule has 1 aliphatic heterocycles. The number of hydrogen-bond acceptors (Lipinski definition) is 3. The Morgan fingerprint density at radius 3 is 2.75 bits per heavy atom. The summed E-state index contributed by atoms with van der Waals surface area (Å²) in [5.41, 5.74) is 3.73. The molecule has 1 N–H and O–H groups in total. The van der Waals surface area contributed by atoms with Crippen molar-refractivity contribution in [3.63, 3.8) is 0 Å². The molecule has 4 nitrogen and oxygen atoms in total. The predicted molar refractivity (Wildman–Crippen MR) is 99.4 cm³/mol. The second-order valence-corrected chi connectivity index (χ2v) is 6.86. The summed E-state index contributed by atoms with van der Waals surface area (Å²) in [6.07, 6.45) is 0. The van der Waals surface area contributed by atoms with E-state index in [-0.39, 0.29) is 5.91 Å². The molecule has 0 aromatic heterocycles. The number of carbonyl (C=O) groups is 1. The summed E-state index contributed by atoms with van der Waals surface area (Å²) in [6.45, 7) is 6.29. The first kappa shape index (κ1) is 17.1. The van der Waals surface area contributed by atoms with Crippen molar-refractivity contribution in [3.8, 4) is 0 Å². The third-order valence-corrected chi connectivity index (χ3v) is 5.00. The summed E-state index contributed by atoms with van der Waals surface area (Å²) in [5.74, 6) is -0.0828. The highest BCUT2D eigenvalue weighted by atomic mass is 79.9. The first-order valence-corrected chi connectivity index (χ1v) is 8.88. The Morgan fingerprint density at radius 2 is 2.00 bits per heavy atom. The van der Waals surface area contributed by atoms with Gasteiger partial charge >= 0.3 is 0 Å². The van der Waals surface area contributed by atoms with Crippen LogP contribution in [0, 0.1) is 6.92 Å². The van der Waals surface area contributed by atoms with Gasteiger partial charge in [-0.25, -0.2) is 0 Å². The van der Waals surface area contributed by atoms with Crippen LogP contribution in [0.25, 0.3) is 0 Å². The van der Waals surface area contributed by atoms with Gasteiger partial charge in [0.2, 0.25) is 0 Å². The highest BCUT2D eigenvalue weighted by molar-refractivity contribution is 9.10. The van der Waals surface area contributed by atoms with Gasteiger partial charge in [0, 0.05) is 35.4 Å². The SMILES string of the molecule is Cc1cc(NC(=O)c2cccc(CN3CCOCC3)c2)ccc1Br. The first-order valence-electron chi connectivity index (χ1n) is 8.08. The monoisotopic (exact) mass is 388 g/mol. The number of nitrogens with one attached hydrogen (secondary N) is 1. The molecule has 0 saturated carbocycles. The van der Waals surface area contributed by atoms with Crippen LogP contribution in [0.3, 0.4) is 0 Å². The Kier molecular flexibility index (Phi) is 5.66. The number of carbonyl (C=O) groups excluding carboxylic acids is 1. The maximum absolute atomic E-state index is 12.5. The molecule has 1 fully saturated rings. The number of amides is 1. The van der Waals surface area contributed by atoms with E-state index in [0.29, 0.717) is 5.56 Å². The number of nitrogens with zero attached hydrogens (tertiary/aromatic N) is 1. The second kappa shape index (κ2) is 7.92. The normalized spacial score (nSPS) is 15.2. The van der Waals surface area contributed by atoms with Gasteiger partial charge < -0.3 is 10.1 Å². The van der Waals surface area contributed by atoms with Crippen LogP contribution >= 0.6 is 15.9 Å². The van der Waals surface area contributed by atoms with Gasteiger partial charge in [0.25, 0.3) is 5.91 Å². The average molecular weight is 389 g/mol. The van der Waals surface area contributed by atoms with Crippen LogP contribution in [0.2, 0.25) is 0 Å². The van der Waals surface area contributed by atoms with E-state index in [9.17, 15) is 4.79 Å². The Labute approximate surface area is 150 Å². The van der Waals surface area contributed by atoms with Gasteiger partial charge in [-0.3, -0.25) is 9.69 Å². The summed E-state index contributed by atoms with van der Waals surface area (Å²) in [4.78, 5) is 14.8. The van der Waals surface area contributed by atoms with Crippen molar-refractivity contribution in [2.75, 3.05) is 31.6 Å². The second-order valence-electron chi connectivity index (χ2n) is 6.01. The van der Waals surface area contributed by atoms with E-state index >= 15 is 0 Å². The van der Waals surface area contributed by atoms with Crippen molar-refractivity contribution in [1.29, 1.82) is 0 Å². The number of ether oxygens (including phenoxy) is 1. The van der Waals surface area contributed by atoms with Crippen LogP contribution in [-0.2, 0) is 11.3 Å². The Balaban J connectivity index is 1.68. The van der Waals surface area contributed by atoms with Crippen LogP contribution in [0.1, 0.15) is 21.5 Å². The smallest absolute Gasteiger partial charge is 0.255 e. The van der Waals surface area contributed by atoms with Gasteiger partial charge in [0.05, 0.1) is 13.2 Å². The molecule has 1 saturated heterocycles. The Morgan fingerprint density at radius 1 is 1.21 bits per heavy atom. The van der Waals surface area contributed by atoms with Gasteiger partial charge in [-0.05, 0) is 48.4 Å². The topological polar surface area (TPSA) is 41.6 Å². The zero-order valence-corrected chi connectivity index (χ0v) is 15.3. The van der Waals surface area contributed by atoms with E-state index in [0.717, 1.165) is 54.1 Å². The molecule has 3 rings (SSSR count). The number of aryl methyl sites for hydroxylation is 1. The van der Waals surface area contributed by atoms with E-state index in [4.69, 9.17) is 4.74 Å². The van der Waals surface area contributed by atoms with Crippen LogP contribution < -0.4 is 5.32 Å². The fourth-order valence-corrected chi connectivity index (χ4v) is 3.00. The lowest BCUT2D eigenvalue weighted by Crippen LogP contribution is -2.35. The molecule has 0 atom stereocenters. The van der Waals surface area contributed by atoms with E-state index in [1.807, 2.05) is 43.3 Å². The van der Waals surface area contributed by atoms with Crippen molar-refractivity contribution in [3.05, 3.63) is 63.6 Å². The zero-order valence-electron chi connectivity index (χ0n) is 13.7. The number of halogens is 1. The summed E-state index contributed by atoms with van der Waals surface area (Å²) in [5, 5.41) is 2.96. The molecular formula is C19H21BrN2O2. The summed E-state index contributed by atoms with van der Waals surface area (Å²) < 4.78 is 6.41. The van der Waals surface area contributed by atoms with Gasteiger partial charge in [-0.15, -0.1) is 0 Å². The van der Waals surface area contributed by atoms with Gasteiger partial charge in [0.1, 0.15) is 0 Å². The maximum Gasteiger partial charge on any atom is 0.255 e. The average Bonchev–Trinajstić information content (AvgIpc) is 2.59. The molecule has 0 aliphatic carbocycles. The van der Waals surface area contributed by atoms with Gasteiger partial charge in [0.15, 0.2) is 0 Å². The molecule has 0 bridgehead atoms. The molecule has 1 amide bonds. The first-order chi connectivity index (χ1) is 11.6. The maximum atomic E-state index is 12.5. The highest BCUT2D eigenvalue weighted by Gasteiger charge is 2.12. The number of hydrogen-bond donors (Lipinski definition) is 1. The Bertz CT molecular complexity index is 727. The minimum atomic E-state index is -0.0828. The van der Waals surface area contributed by atoms with Crippen molar-refractivity contribution in [2.45, 2.75) is 13.5 Å². The molecule has 1 aliphatic rings. The molecule has 24 heavy (non-hydrogen) atoms. The van der Waals surface area contributed by atoms with E-state index in [1.54, 1.807) is 0 Å². The van der Waals surface area contributed by atoms with Crippen molar-refractivity contribution < 1.29 is 9.53 Å². The lowest BCUT2D eigenvalue weighted by atomic mass is 10.1. The van der Waals surface area contributed by atoms with Crippen molar-refractivity contribution in [1.82, 2.24) is 4.90 Å². The quantitative estimate of drug-likeness (QED) is 0.864. The Hall–Kier alpha value is -1.69. The summed E-state index contributed by atoms with van der Waals surface area (Å²) in [6, 6.07) is 13.6. The lowest BCUT2D eigenvalue weighted by molar-refractivity contribution is 0.0342. The zero-order chi connectivity index (χ0) is 16.9. The van der Waals surface area contributed by atoms with Crippen LogP contribution in [-0.4, -0.2) is 37.1 Å². The third-order valence-electron chi connectivity index (χ3n) is 4.11. The minimum Gasteiger partial charge on any atom is -0.379 e. The fourth-order valence-electron chi connectivity index (χ4n) is 2.75. The minimum absolute atomic E-state index is 0.0828. The molecule has 0 radical (unpaired) electrons. The molecule has 2 aromatic rings. The predicted octanol–water partition coefficient (Wildman–Crippen LogP) is 3.84. The standard InChI is InChI=1S/C19H21BrN2O2/c1-14-11-17(5-6-18(14)20)21-19(23)16-4-2-3-15(12-16)13-22-7-9-24-10-8-22/h2-6,11-12H,7-10,13H2,1H3,(H,21,23). The molecule has 2 aromatic carbocycles. The lowest BCUT2D eigenvalue weighted by Gasteiger charge is -2.26. The van der Waals surface area contributed by atoms with E-state index in [2.05, 4.69) is 32.2 Å². The molecule has 1 heterocycles. The number of benzene rings is 2. The fraction of sp³-hybridized carbons (Fsp3) is 0.316. The summed E-state index contributed by atoms with van der Waals surface area (Å²) >= 11 is 3.47. The van der Waals surface area contributed by atoms with E-state index < -0.39 is 0 Å². The molecular weight excluding hydrogens is 368 g/mol. The number of rotatable bonds is 4. The summed E-state index contributed by atoms with van der Waals surface area (Å²) in [7, 11) is 0. The third kappa shape index (κ3) is 4.44. The molecule has 0 spiro atoms.